The van der Waals surface area contributed by atoms with Crippen molar-refractivity contribution in [2.45, 2.75) is 44.8 Å². The van der Waals surface area contributed by atoms with Gasteiger partial charge >= 0.3 is 6.18 Å². The van der Waals surface area contributed by atoms with Crippen molar-refractivity contribution in [3.8, 4) is 0 Å². The summed E-state index contributed by atoms with van der Waals surface area (Å²) in [6.07, 6.45) is -2.64. The third-order valence-corrected chi connectivity index (χ3v) is 5.41. The average molecular weight is 377 g/mol. The molecule has 2 atom stereocenters. The Labute approximate surface area is 152 Å². The van der Waals surface area contributed by atoms with Gasteiger partial charge in [0.2, 0.25) is 5.91 Å². The summed E-state index contributed by atoms with van der Waals surface area (Å²) in [5.41, 5.74) is -0.349. The molecule has 0 aromatic heterocycles. The molecule has 1 aromatic carbocycles. The summed E-state index contributed by atoms with van der Waals surface area (Å²) in [5, 5.41) is 3.32. The maximum atomic E-state index is 13.0. The molecule has 2 fully saturated rings. The van der Waals surface area contributed by atoms with E-state index in [9.17, 15) is 18.0 Å². The summed E-state index contributed by atoms with van der Waals surface area (Å²) in [7, 11) is 0. The van der Waals surface area contributed by atoms with E-state index in [2.05, 4.69) is 5.32 Å². The van der Waals surface area contributed by atoms with E-state index in [0.717, 1.165) is 37.1 Å². The lowest BCUT2D eigenvalue weighted by atomic mass is 9.69. The summed E-state index contributed by atoms with van der Waals surface area (Å²) in [6.45, 7) is 6.02. The van der Waals surface area contributed by atoms with Gasteiger partial charge in [0.15, 0.2) is 0 Å². The van der Waals surface area contributed by atoms with E-state index in [4.69, 9.17) is 0 Å². The number of piperidine rings is 1. The van der Waals surface area contributed by atoms with E-state index in [0.29, 0.717) is 13.1 Å². The SMILES string of the molecule is CC(C)N1CC(c2ccc(C(F)(F)F)cc2)C2(CCCNC2)C1=O.Cl. The van der Waals surface area contributed by atoms with Crippen LogP contribution in [-0.2, 0) is 11.0 Å². The van der Waals surface area contributed by atoms with Crippen LogP contribution in [0.1, 0.15) is 43.7 Å². The number of rotatable bonds is 2. The third-order valence-electron chi connectivity index (χ3n) is 5.41. The Hall–Kier alpha value is -1.27. The number of amides is 1. The maximum absolute atomic E-state index is 13.0. The van der Waals surface area contributed by atoms with Crippen molar-refractivity contribution in [3.05, 3.63) is 35.4 Å². The van der Waals surface area contributed by atoms with Gasteiger partial charge < -0.3 is 10.2 Å². The van der Waals surface area contributed by atoms with Crippen LogP contribution >= 0.6 is 12.4 Å². The molecule has 7 heteroatoms. The fraction of sp³-hybridized carbons (Fsp3) is 0.611. The van der Waals surface area contributed by atoms with Crippen molar-refractivity contribution in [2.75, 3.05) is 19.6 Å². The number of halogens is 4. The lowest BCUT2D eigenvalue weighted by Crippen LogP contribution is -2.48. The van der Waals surface area contributed by atoms with Gasteiger partial charge in [0, 0.05) is 25.0 Å². The van der Waals surface area contributed by atoms with Crippen LogP contribution in [0.15, 0.2) is 24.3 Å². The summed E-state index contributed by atoms with van der Waals surface area (Å²) < 4.78 is 38.4. The van der Waals surface area contributed by atoms with Crippen LogP contribution in [0.5, 0.6) is 0 Å². The van der Waals surface area contributed by atoms with Gasteiger partial charge in [0.05, 0.1) is 11.0 Å². The summed E-state index contributed by atoms with van der Waals surface area (Å²) in [4.78, 5) is 14.9. The predicted molar refractivity (Wildman–Crippen MR) is 92.8 cm³/mol. The average Bonchev–Trinajstić information content (AvgIpc) is 2.81. The molecule has 2 aliphatic rings. The first kappa shape index (κ1) is 20.0. The second-order valence-electron chi connectivity index (χ2n) is 7.16. The fourth-order valence-electron chi connectivity index (χ4n) is 4.07. The molecule has 1 N–H and O–H groups in total. The van der Waals surface area contributed by atoms with Crippen LogP contribution in [0.4, 0.5) is 13.2 Å². The number of benzene rings is 1. The van der Waals surface area contributed by atoms with Crippen LogP contribution in [0.3, 0.4) is 0 Å². The lowest BCUT2D eigenvalue weighted by molar-refractivity contribution is -0.139. The topological polar surface area (TPSA) is 32.3 Å². The monoisotopic (exact) mass is 376 g/mol. The highest BCUT2D eigenvalue weighted by atomic mass is 35.5. The highest BCUT2D eigenvalue weighted by Crippen LogP contribution is 2.48. The number of carbonyl (C=O) groups excluding carboxylic acids is 1. The Morgan fingerprint density at radius 3 is 2.36 bits per heavy atom. The molecule has 25 heavy (non-hydrogen) atoms. The Balaban J connectivity index is 0.00000225. The minimum Gasteiger partial charge on any atom is -0.339 e. The Morgan fingerprint density at radius 2 is 1.88 bits per heavy atom. The molecule has 1 aromatic rings. The van der Waals surface area contributed by atoms with Crippen LogP contribution in [-0.4, -0.2) is 36.5 Å². The van der Waals surface area contributed by atoms with Gasteiger partial charge in [0.1, 0.15) is 0 Å². The van der Waals surface area contributed by atoms with E-state index in [1.807, 2.05) is 18.7 Å². The molecule has 3 rings (SSSR count). The normalized spacial score (nSPS) is 27.0. The van der Waals surface area contributed by atoms with E-state index in [1.165, 1.54) is 0 Å². The number of hydrogen-bond donors (Lipinski definition) is 1. The standard InChI is InChI=1S/C18H23F3N2O.ClH/c1-12(2)23-10-15(17(16(23)24)8-3-9-22-11-17)13-4-6-14(7-5-13)18(19,20)21;/h4-7,12,15,22H,3,8-11H2,1-2H3;1H. The minimum absolute atomic E-state index is 0. The molecule has 0 bridgehead atoms. The van der Waals surface area contributed by atoms with Crippen molar-refractivity contribution in [2.24, 2.45) is 5.41 Å². The number of hydrogen-bond acceptors (Lipinski definition) is 2. The fourth-order valence-corrected chi connectivity index (χ4v) is 4.07. The smallest absolute Gasteiger partial charge is 0.339 e. The second-order valence-corrected chi connectivity index (χ2v) is 7.16. The Morgan fingerprint density at radius 1 is 1.24 bits per heavy atom. The van der Waals surface area contributed by atoms with Crippen molar-refractivity contribution in [1.29, 1.82) is 0 Å². The molecule has 0 radical (unpaired) electrons. The molecule has 2 aliphatic heterocycles. The summed E-state index contributed by atoms with van der Waals surface area (Å²) in [5.74, 6) is 0.0667. The zero-order chi connectivity index (χ0) is 17.5. The predicted octanol–water partition coefficient (Wildman–Crippen LogP) is 3.83. The molecular weight excluding hydrogens is 353 g/mol. The highest BCUT2D eigenvalue weighted by Gasteiger charge is 2.55. The van der Waals surface area contributed by atoms with Crippen molar-refractivity contribution in [3.63, 3.8) is 0 Å². The summed E-state index contributed by atoms with van der Waals surface area (Å²) in [6, 6.07) is 5.43. The molecule has 1 spiro atoms. The first-order chi connectivity index (χ1) is 11.3. The van der Waals surface area contributed by atoms with Gasteiger partial charge in [-0.05, 0) is 50.9 Å². The first-order valence-corrected chi connectivity index (χ1v) is 8.44. The van der Waals surface area contributed by atoms with E-state index in [-0.39, 0.29) is 30.3 Å². The summed E-state index contributed by atoms with van der Waals surface area (Å²) >= 11 is 0. The molecule has 3 nitrogen and oxygen atoms in total. The molecule has 2 saturated heterocycles. The van der Waals surface area contributed by atoms with Crippen molar-refractivity contribution >= 4 is 18.3 Å². The molecule has 140 valence electrons. The second kappa shape index (κ2) is 7.16. The molecule has 1 amide bonds. The van der Waals surface area contributed by atoms with E-state index in [1.54, 1.807) is 12.1 Å². The molecule has 2 unspecified atom stereocenters. The molecular formula is C18H24ClF3N2O. The number of nitrogens with one attached hydrogen (secondary N) is 1. The van der Waals surface area contributed by atoms with Gasteiger partial charge in [-0.15, -0.1) is 12.4 Å². The quantitative estimate of drug-likeness (QED) is 0.850. The number of alkyl halides is 3. The first-order valence-electron chi connectivity index (χ1n) is 8.44. The van der Waals surface area contributed by atoms with Crippen molar-refractivity contribution in [1.82, 2.24) is 10.2 Å². The molecule has 0 aliphatic carbocycles. The van der Waals surface area contributed by atoms with Gasteiger partial charge in [-0.1, -0.05) is 12.1 Å². The van der Waals surface area contributed by atoms with Gasteiger partial charge in [-0.25, -0.2) is 0 Å². The van der Waals surface area contributed by atoms with Crippen LogP contribution < -0.4 is 5.32 Å². The molecule has 0 saturated carbocycles. The number of likely N-dealkylation sites (tertiary alicyclic amines) is 1. The van der Waals surface area contributed by atoms with Gasteiger partial charge in [-0.3, -0.25) is 4.79 Å². The van der Waals surface area contributed by atoms with E-state index >= 15 is 0 Å². The minimum atomic E-state index is -4.34. The van der Waals surface area contributed by atoms with Crippen LogP contribution in [0.2, 0.25) is 0 Å². The number of carbonyl (C=O) groups is 1. The zero-order valence-electron chi connectivity index (χ0n) is 14.4. The largest absolute Gasteiger partial charge is 0.416 e. The van der Waals surface area contributed by atoms with Crippen LogP contribution in [0, 0.1) is 5.41 Å². The third kappa shape index (κ3) is 3.51. The Kier molecular flexibility index (Phi) is 5.74. The van der Waals surface area contributed by atoms with Gasteiger partial charge in [-0.2, -0.15) is 13.2 Å². The Bertz CT molecular complexity index is 610. The maximum Gasteiger partial charge on any atom is 0.416 e. The van der Waals surface area contributed by atoms with Crippen LogP contribution in [0.25, 0.3) is 0 Å². The highest BCUT2D eigenvalue weighted by molar-refractivity contribution is 5.87. The lowest BCUT2D eigenvalue weighted by Gasteiger charge is -2.37. The zero-order valence-corrected chi connectivity index (χ0v) is 15.2. The van der Waals surface area contributed by atoms with Crippen molar-refractivity contribution < 1.29 is 18.0 Å². The van der Waals surface area contributed by atoms with Gasteiger partial charge in [0.25, 0.3) is 0 Å². The van der Waals surface area contributed by atoms with E-state index < -0.39 is 17.2 Å². The molecule has 2 heterocycles. The number of nitrogens with zero attached hydrogens (tertiary/aromatic N) is 1.